The summed E-state index contributed by atoms with van der Waals surface area (Å²) in [4.78, 5) is 23.7. The van der Waals surface area contributed by atoms with Gasteiger partial charge >= 0.3 is 0 Å². The SMILES string of the molecule is Cc1nc(Cc2nc(C(C)(C)C)c(Br)c(=O)[nH]2)cs1. The number of aryl methyl sites for hydroxylation is 1. The minimum absolute atomic E-state index is 0.137. The lowest BCUT2D eigenvalue weighted by Crippen LogP contribution is -2.23. The van der Waals surface area contributed by atoms with Crippen molar-refractivity contribution in [1.82, 2.24) is 15.0 Å². The fourth-order valence-corrected chi connectivity index (χ4v) is 3.14. The standard InChI is InChI=1S/C13H16BrN3OS/c1-7-15-8(6-19-7)5-9-16-11(13(2,3)4)10(14)12(18)17-9/h6H,5H2,1-4H3,(H,16,17,18). The van der Waals surface area contributed by atoms with Crippen LogP contribution in [0.25, 0.3) is 0 Å². The highest BCUT2D eigenvalue weighted by molar-refractivity contribution is 9.10. The monoisotopic (exact) mass is 341 g/mol. The first-order valence-electron chi connectivity index (χ1n) is 5.97. The fraction of sp³-hybridized carbons (Fsp3) is 0.462. The van der Waals surface area contributed by atoms with Crippen molar-refractivity contribution in [2.75, 3.05) is 0 Å². The van der Waals surface area contributed by atoms with E-state index >= 15 is 0 Å². The van der Waals surface area contributed by atoms with E-state index in [2.05, 4.69) is 30.9 Å². The molecule has 102 valence electrons. The van der Waals surface area contributed by atoms with Crippen LogP contribution >= 0.6 is 27.3 Å². The van der Waals surface area contributed by atoms with Crippen LogP contribution in [0.2, 0.25) is 0 Å². The van der Waals surface area contributed by atoms with E-state index in [0.717, 1.165) is 16.4 Å². The number of hydrogen-bond donors (Lipinski definition) is 1. The van der Waals surface area contributed by atoms with E-state index in [1.54, 1.807) is 11.3 Å². The molecule has 0 amide bonds. The summed E-state index contributed by atoms with van der Waals surface area (Å²) in [6, 6.07) is 0. The molecule has 0 aromatic carbocycles. The molecule has 6 heteroatoms. The Balaban J connectivity index is 2.43. The van der Waals surface area contributed by atoms with E-state index in [1.807, 2.05) is 33.1 Å². The largest absolute Gasteiger partial charge is 0.309 e. The molecular weight excluding hydrogens is 326 g/mol. The Bertz CT molecular complexity index is 655. The number of halogens is 1. The topological polar surface area (TPSA) is 58.6 Å². The Morgan fingerprint density at radius 2 is 2.05 bits per heavy atom. The normalized spacial score (nSPS) is 11.8. The van der Waals surface area contributed by atoms with Gasteiger partial charge in [0.05, 0.1) is 16.4 Å². The molecule has 0 aliphatic carbocycles. The molecule has 0 aliphatic heterocycles. The lowest BCUT2D eigenvalue weighted by atomic mass is 9.92. The van der Waals surface area contributed by atoms with Crippen molar-refractivity contribution in [2.45, 2.75) is 39.5 Å². The fourth-order valence-electron chi connectivity index (χ4n) is 1.75. The molecule has 19 heavy (non-hydrogen) atoms. The van der Waals surface area contributed by atoms with E-state index in [0.29, 0.717) is 16.7 Å². The summed E-state index contributed by atoms with van der Waals surface area (Å²) >= 11 is 4.92. The molecule has 4 nitrogen and oxygen atoms in total. The lowest BCUT2D eigenvalue weighted by molar-refractivity contribution is 0.557. The second-order valence-corrected chi connectivity index (χ2v) is 7.32. The van der Waals surface area contributed by atoms with Crippen molar-refractivity contribution in [3.8, 4) is 0 Å². The van der Waals surface area contributed by atoms with Gasteiger partial charge in [0.15, 0.2) is 0 Å². The molecule has 0 saturated heterocycles. The number of thiazole rings is 1. The molecule has 0 atom stereocenters. The third-order valence-corrected chi connectivity index (χ3v) is 4.20. The third-order valence-electron chi connectivity index (χ3n) is 2.64. The van der Waals surface area contributed by atoms with Gasteiger partial charge in [0.1, 0.15) is 10.3 Å². The van der Waals surface area contributed by atoms with Crippen molar-refractivity contribution in [1.29, 1.82) is 0 Å². The summed E-state index contributed by atoms with van der Waals surface area (Å²) in [5.74, 6) is 0.656. The lowest BCUT2D eigenvalue weighted by Gasteiger charge is -2.19. The predicted molar refractivity (Wildman–Crippen MR) is 80.9 cm³/mol. The van der Waals surface area contributed by atoms with E-state index in [-0.39, 0.29) is 11.0 Å². The van der Waals surface area contributed by atoms with E-state index in [4.69, 9.17) is 0 Å². The zero-order valence-electron chi connectivity index (χ0n) is 11.4. The maximum Gasteiger partial charge on any atom is 0.265 e. The minimum atomic E-state index is -0.181. The molecule has 2 heterocycles. The highest BCUT2D eigenvalue weighted by atomic mass is 79.9. The average molecular weight is 342 g/mol. The number of H-pyrrole nitrogens is 1. The molecule has 0 radical (unpaired) electrons. The Kier molecular flexibility index (Phi) is 3.92. The van der Waals surface area contributed by atoms with Crippen LogP contribution in [0.4, 0.5) is 0 Å². The van der Waals surface area contributed by atoms with Crippen LogP contribution < -0.4 is 5.56 Å². The number of hydrogen-bond acceptors (Lipinski definition) is 4. The van der Waals surface area contributed by atoms with Gasteiger partial charge in [-0.05, 0) is 22.9 Å². The highest BCUT2D eigenvalue weighted by Crippen LogP contribution is 2.25. The van der Waals surface area contributed by atoms with E-state index in [9.17, 15) is 4.79 Å². The Morgan fingerprint density at radius 3 is 2.58 bits per heavy atom. The quantitative estimate of drug-likeness (QED) is 0.912. The van der Waals surface area contributed by atoms with Gasteiger partial charge in [-0.3, -0.25) is 4.79 Å². The van der Waals surface area contributed by atoms with Gasteiger partial charge in [-0.15, -0.1) is 11.3 Å². The van der Waals surface area contributed by atoms with Crippen LogP contribution in [0.15, 0.2) is 14.6 Å². The number of nitrogens with one attached hydrogen (secondary N) is 1. The van der Waals surface area contributed by atoms with Crippen molar-refractivity contribution >= 4 is 27.3 Å². The summed E-state index contributed by atoms with van der Waals surface area (Å²) in [5.41, 5.74) is 1.40. The molecule has 2 aromatic rings. The smallest absolute Gasteiger partial charge is 0.265 e. The Hall–Kier alpha value is -1.01. The van der Waals surface area contributed by atoms with Gasteiger partial charge in [-0.2, -0.15) is 0 Å². The summed E-state index contributed by atoms with van der Waals surface area (Å²) in [6.45, 7) is 8.08. The third kappa shape index (κ3) is 3.30. The molecule has 0 fully saturated rings. The van der Waals surface area contributed by atoms with Crippen LogP contribution in [0.3, 0.4) is 0 Å². The van der Waals surface area contributed by atoms with Crippen molar-refractivity contribution < 1.29 is 0 Å². The first-order chi connectivity index (χ1) is 8.77. The Labute approximate surface area is 124 Å². The highest BCUT2D eigenvalue weighted by Gasteiger charge is 2.22. The van der Waals surface area contributed by atoms with Crippen LogP contribution in [0.5, 0.6) is 0 Å². The Morgan fingerprint density at radius 1 is 1.37 bits per heavy atom. The van der Waals surface area contributed by atoms with Crippen LogP contribution in [-0.2, 0) is 11.8 Å². The number of aromatic nitrogens is 3. The predicted octanol–water partition coefficient (Wildman–Crippen LogP) is 3.19. The maximum atomic E-state index is 11.9. The molecule has 1 N–H and O–H groups in total. The molecular formula is C13H16BrN3OS. The summed E-state index contributed by atoms with van der Waals surface area (Å²) in [7, 11) is 0. The second-order valence-electron chi connectivity index (χ2n) is 5.46. The van der Waals surface area contributed by atoms with Crippen molar-refractivity contribution in [3.05, 3.63) is 42.4 Å². The molecule has 0 aliphatic rings. The first-order valence-corrected chi connectivity index (χ1v) is 7.65. The van der Waals surface area contributed by atoms with Crippen molar-refractivity contribution in [3.63, 3.8) is 0 Å². The number of rotatable bonds is 2. The average Bonchev–Trinajstić information content (AvgIpc) is 2.67. The van der Waals surface area contributed by atoms with Crippen LogP contribution in [0.1, 0.15) is 43.0 Å². The molecule has 2 aromatic heterocycles. The van der Waals surface area contributed by atoms with Crippen LogP contribution in [-0.4, -0.2) is 15.0 Å². The second kappa shape index (κ2) is 5.17. The van der Waals surface area contributed by atoms with Crippen molar-refractivity contribution in [2.24, 2.45) is 0 Å². The molecule has 0 saturated carbocycles. The van der Waals surface area contributed by atoms with E-state index in [1.165, 1.54) is 0 Å². The zero-order valence-corrected chi connectivity index (χ0v) is 13.8. The molecule has 0 bridgehead atoms. The van der Waals surface area contributed by atoms with Gasteiger partial charge in [0.2, 0.25) is 0 Å². The number of aromatic amines is 1. The van der Waals surface area contributed by atoms with E-state index < -0.39 is 0 Å². The zero-order chi connectivity index (χ0) is 14.2. The minimum Gasteiger partial charge on any atom is -0.309 e. The molecule has 2 rings (SSSR count). The maximum absolute atomic E-state index is 11.9. The summed E-state index contributed by atoms with van der Waals surface area (Å²) in [6.07, 6.45) is 0.552. The van der Waals surface area contributed by atoms with Gasteiger partial charge in [0, 0.05) is 17.2 Å². The summed E-state index contributed by atoms with van der Waals surface area (Å²) in [5, 5.41) is 3.01. The first kappa shape index (κ1) is 14.4. The van der Waals surface area contributed by atoms with Gasteiger partial charge in [-0.25, -0.2) is 9.97 Å². The van der Waals surface area contributed by atoms with Gasteiger partial charge in [0.25, 0.3) is 5.56 Å². The van der Waals surface area contributed by atoms with Crippen LogP contribution in [0, 0.1) is 6.92 Å². The molecule has 0 unspecified atom stereocenters. The van der Waals surface area contributed by atoms with Gasteiger partial charge < -0.3 is 4.98 Å². The summed E-state index contributed by atoms with van der Waals surface area (Å²) < 4.78 is 0.512. The number of nitrogens with zero attached hydrogens (tertiary/aromatic N) is 2. The van der Waals surface area contributed by atoms with Gasteiger partial charge in [-0.1, -0.05) is 20.8 Å². The molecule has 0 spiro atoms.